The van der Waals surface area contributed by atoms with E-state index in [4.69, 9.17) is 4.98 Å². The second-order valence-corrected chi connectivity index (χ2v) is 7.73. The van der Waals surface area contributed by atoms with Crippen LogP contribution in [0.15, 0.2) is 34.1 Å². The lowest BCUT2D eigenvalue weighted by Gasteiger charge is -2.15. The number of thiazole rings is 1. The fourth-order valence-corrected chi connectivity index (χ4v) is 3.46. The van der Waals surface area contributed by atoms with Crippen LogP contribution >= 0.6 is 27.3 Å². The largest absolute Gasteiger partial charge is 0.304 e. The van der Waals surface area contributed by atoms with Gasteiger partial charge in [0.1, 0.15) is 0 Å². The second-order valence-electron chi connectivity index (χ2n) is 6.02. The molecule has 1 atom stereocenters. The molecule has 2 rings (SSSR count). The summed E-state index contributed by atoms with van der Waals surface area (Å²) in [6, 6.07) is 8.62. The SMILES string of the molecule is C[C@@H](NCc1csc(C(C)(C)C)n1)c1ccccc1Br. The van der Waals surface area contributed by atoms with Gasteiger partial charge in [-0.1, -0.05) is 54.9 Å². The maximum Gasteiger partial charge on any atom is 0.0982 e. The van der Waals surface area contributed by atoms with Gasteiger partial charge >= 0.3 is 0 Å². The maximum atomic E-state index is 4.71. The van der Waals surface area contributed by atoms with Crippen molar-refractivity contribution in [1.82, 2.24) is 10.3 Å². The average Bonchev–Trinajstić information content (AvgIpc) is 2.85. The summed E-state index contributed by atoms with van der Waals surface area (Å²) >= 11 is 5.35. The fraction of sp³-hybridized carbons (Fsp3) is 0.438. The molecule has 0 amide bonds. The monoisotopic (exact) mass is 352 g/mol. The van der Waals surface area contributed by atoms with E-state index >= 15 is 0 Å². The van der Waals surface area contributed by atoms with Crippen molar-refractivity contribution in [2.24, 2.45) is 0 Å². The van der Waals surface area contributed by atoms with E-state index in [0.29, 0.717) is 6.04 Å². The van der Waals surface area contributed by atoms with Crippen LogP contribution in [-0.2, 0) is 12.0 Å². The third kappa shape index (κ3) is 3.90. The predicted octanol–water partition coefficient (Wildman–Crippen LogP) is 5.05. The first kappa shape index (κ1) is 15.7. The predicted molar refractivity (Wildman–Crippen MR) is 90.2 cm³/mol. The molecule has 1 aromatic heterocycles. The highest BCUT2D eigenvalue weighted by atomic mass is 79.9. The van der Waals surface area contributed by atoms with E-state index in [9.17, 15) is 0 Å². The summed E-state index contributed by atoms with van der Waals surface area (Å²) < 4.78 is 1.15. The van der Waals surface area contributed by atoms with Crippen molar-refractivity contribution in [3.63, 3.8) is 0 Å². The zero-order valence-corrected chi connectivity index (χ0v) is 14.8. The molecule has 2 aromatic rings. The first-order valence-corrected chi connectivity index (χ1v) is 8.48. The first-order valence-electron chi connectivity index (χ1n) is 6.80. The van der Waals surface area contributed by atoms with Crippen molar-refractivity contribution in [1.29, 1.82) is 0 Å². The molecule has 1 N–H and O–H groups in total. The van der Waals surface area contributed by atoms with Gasteiger partial charge in [0.2, 0.25) is 0 Å². The van der Waals surface area contributed by atoms with Crippen LogP contribution in [0.1, 0.15) is 50.0 Å². The minimum Gasteiger partial charge on any atom is -0.304 e. The smallest absolute Gasteiger partial charge is 0.0982 e. The van der Waals surface area contributed by atoms with Crippen molar-refractivity contribution < 1.29 is 0 Å². The van der Waals surface area contributed by atoms with Gasteiger partial charge in [-0.05, 0) is 18.6 Å². The van der Waals surface area contributed by atoms with Crippen molar-refractivity contribution >= 4 is 27.3 Å². The van der Waals surface area contributed by atoms with E-state index in [2.05, 4.69) is 72.5 Å². The Balaban J connectivity index is 1.99. The molecular weight excluding hydrogens is 332 g/mol. The Morgan fingerprint density at radius 1 is 1.30 bits per heavy atom. The van der Waals surface area contributed by atoms with E-state index in [1.165, 1.54) is 10.6 Å². The van der Waals surface area contributed by atoms with Gasteiger partial charge in [0.25, 0.3) is 0 Å². The summed E-state index contributed by atoms with van der Waals surface area (Å²) in [4.78, 5) is 4.71. The maximum absolute atomic E-state index is 4.71. The lowest BCUT2D eigenvalue weighted by Crippen LogP contribution is -2.19. The summed E-state index contributed by atoms with van der Waals surface area (Å²) in [5.41, 5.74) is 2.54. The summed E-state index contributed by atoms with van der Waals surface area (Å²) in [5, 5.41) is 6.89. The Morgan fingerprint density at radius 3 is 2.60 bits per heavy atom. The molecule has 0 bridgehead atoms. The highest BCUT2D eigenvalue weighted by Gasteiger charge is 2.18. The standard InChI is InChI=1S/C16H21BrN2S/c1-11(13-7-5-6-8-14(13)17)18-9-12-10-20-15(19-12)16(2,3)4/h5-8,10-11,18H,9H2,1-4H3/t11-/m1/s1. The number of aromatic nitrogens is 1. The molecule has 0 saturated carbocycles. The number of benzene rings is 1. The van der Waals surface area contributed by atoms with Crippen molar-refractivity contribution in [2.45, 2.75) is 45.7 Å². The van der Waals surface area contributed by atoms with Crippen molar-refractivity contribution in [3.8, 4) is 0 Å². The van der Waals surface area contributed by atoms with Crippen LogP contribution in [0.2, 0.25) is 0 Å². The number of hydrogen-bond acceptors (Lipinski definition) is 3. The molecule has 108 valence electrons. The fourth-order valence-electron chi connectivity index (χ4n) is 1.93. The van der Waals surface area contributed by atoms with Gasteiger partial charge in [-0.15, -0.1) is 11.3 Å². The molecule has 0 aliphatic rings. The molecule has 1 aromatic carbocycles. The van der Waals surface area contributed by atoms with E-state index < -0.39 is 0 Å². The molecule has 0 aliphatic carbocycles. The van der Waals surface area contributed by atoms with Gasteiger partial charge in [0.15, 0.2) is 0 Å². The van der Waals surface area contributed by atoms with Crippen LogP contribution in [0.4, 0.5) is 0 Å². The summed E-state index contributed by atoms with van der Waals surface area (Å²) in [5.74, 6) is 0. The number of hydrogen-bond donors (Lipinski definition) is 1. The second kappa shape index (κ2) is 6.37. The highest BCUT2D eigenvalue weighted by Crippen LogP contribution is 2.26. The van der Waals surface area contributed by atoms with Crippen LogP contribution < -0.4 is 5.32 Å². The number of halogens is 1. The molecule has 20 heavy (non-hydrogen) atoms. The Morgan fingerprint density at radius 2 is 2.00 bits per heavy atom. The minimum absolute atomic E-state index is 0.136. The van der Waals surface area contributed by atoms with Gasteiger partial charge in [0, 0.05) is 27.9 Å². The quantitative estimate of drug-likeness (QED) is 0.832. The van der Waals surface area contributed by atoms with E-state index in [1.54, 1.807) is 11.3 Å². The molecule has 4 heteroatoms. The van der Waals surface area contributed by atoms with Crippen molar-refractivity contribution in [2.75, 3.05) is 0 Å². The Kier molecular flexibility index (Phi) is 4.99. The molecule has 0 saturated heterocycles. The normalized spacial score (nSPS) is 13.4. The van der Waals surface area contributed by atoms with Gasteiger partial charge in [-0.2, -0.15) is 0 Å². The van der Waals surface area contributed by atoms with E-state index in [1.807, 2.05) is 6.07 Å². The molecule has 0 fully saturated rings. The average molecular weight is 353 g/mol. The Labute approximate surface area is 133 Å². The van der Waals surface area contributed by atoms with Gasteiger partial charge in [-0.25, -0.2) is 4.98 Å². The minimum atomic E-state index is 0.136. The number of nitrogens with zero attached hydrogens (tertiary/aromatic N) is 1. The van der Waals surface area contributed by atoms with Crippen molar-refractivity contribution in [3.05, 3.63) is 50.4 Å². The molecule has 0 radical (unpaired) electrons. The van der Waals surface area contributed by atoms with Crippen LogP contribution in [0.25, 0.3) is 0 Å². The van der Waals surface area contributed by atoms with Gasteiger partial charge in [0.05, 0.1) is 10.7 Å². The molecule has 0 unspecified atom stereocenters. The van der Waals surface area contributed by atoms with Crippen LogP contribution in [0, 0.1) is 0 Å². The van der Waals surface area contributed by atoms with Gasteiger partial charge in [-0.3, -0.25) is 0 Å². The topological polar surface area (TPSA) is 24.9 Å². The third-order valence-electron chi connectivity index (χ3n) is 3.15. The molecule has 1 heterocycles. The number of rotatable bonds is 4. The molecule has 0 aliphatic heterocycles. The molecule has 2 nitrogen and oxygen atoms in total. The first-order chi connectivity index (χ1) is 9.38. The van der Waals surface area contributed by atoms with Gasteiger partial charge < -0.3 is 5.32 Å². The lowest BCUT2D eigenvalue weighted by molar-refractivity contribution is 0.555. The Hall–Kier alpha value is -0.710. The van der Waals surface area contributed by atoms with Crippen LogP contribution in [0.5, 0.6) is 0 Å². The number of nitrogens with one attached hydrogen (secondary N) is 1. The van der Waals surface area contributed by atoms with E-state index in [0.717, 1.165) is 16.7 Å². The van der Waals surface area contributed by atoms with E-state index in [-0.39, 0.29) is 5.41 Å². The van der Waals surface area contributed by atoms with Crippen LogP contribution in [-0.4, -0.2) is 4.98 Å². The summed E-state index contributed by atoms with van der Waals surface area (Å²) in [7, 11) is 0. The zero-order chi connectivity index (χ0) is 14.8. The summed E-state index contributed by atoms with van der Waals surface area (Å²) in [6.07, 6.45) is 0. The lowest BCUT2D eigenvalue weighted by atomic mass is 9.98. The zero-order valence-electron chi connectivity index (χ0n) is 12.4. The third-order valence-corrected chi connectivity index (χ3v) is 5.19. The highest BCUT2D eigenvalue weighted by molar-refractivity contribution is 9.10. The Bertz CT molecular complexity index is 572. The molecular formula is C16H21BrN2S. The molecule has 0 spiro atoms. The summed E-state index contributed by atoms with van der Waals surface area (Å²) in [6.45, 7) is 9.58. The van der Waals surface area contributed by atoms with Crippen LogP contribution in [0.3, 0.4) is 0 Å².